The lowest BCUT2D eigenvalue weighted by molar-refractivity contribution is -0.155. The Morgan fingerprint density at radius 1 is 1.06 bits per heavy atom. The van der Waals surface area contributed by atoms with Crippen LogP contribution in [-0.4, -0.2) is 69.8 Å². The van der Waals surface area contributed by atoms with E-state index in [4.69, 9.17) is 4.74 Å². The van der Waals surface area contributed by atoms with Crippen LogP contribution in [0, 0.1) is 23.7 Å². The molecule has 35 heavy (non-hydrogen) atoms. The molecule has 0 radical (unpaired) electrons. The monoisotopic (exact) mass is 487 g/mol. The zero-order chi connectivity index (χ0) is 25.7. The molecule has 2 aliphatic rings. The Morgan fingerprint density at radius 3 is 2.37 bits per heavy atom. The number of fused-ring (bicyclic) bond motifs is 1. The van der Waals surface area contributed by atoms with Crippen molar-refractivity contribution in [1.82, 2.24) is 25.5 Å². The molecule has 1 aliphatic carbocycles. The van der Waals surface area contributed by atoms with E-state index in [9.17, 15) is 19.2 Å². The molecular formula is C25H37N5O5. The minimum Gasteiger partial charge on any atom is -0.464 e. The predicted octanol–water partition coefficient (Wildman–Crippen LogP) is 1.56. The van der Waals surface area contributed by atoms with Gasteiger partial charge in [0.05, 0.1) is 12.8 Å². The van der Waals surface area contributed by atoms with Crippen molar-refractivity contribution in [1.29, 1.82) is 0 Å². The smallest absolute Gasteiger partial charge is 0.329 e. The number of rotatable bonds is 9. The highest BCUT2D eigenvalue weighted by molar-refractivity contribution is 5.97. The highest BCUT2D eigenvalue weighted by Gasteiger charge is 2.51. The van der Waals surface area contributed by atoms with E-state index >= 15 is 0 Å². The largest absolute Gasteiger partial charge is 0.464 e. The van der Waals surface area contributed by atoms with E-state index < -0.39 is 29.9 Å². The van der Waals surface area contributed by atoms with Gasteiger partial charge in [-0.05, 0) is 43.4 Å². The summed E-state index contributed by atoms with van der Waals surface area (Å²) >= 11 is 0. The highest BCUT2D eigenvalue weighted by atomic mass is 16.5. The molecule has 3 unspecified atom stereocenters. The molecule has 2 heterocycles. The van der Waals surface area contributed by atoms with Crippen LogP contribution in [0.3, 0.4) is 0 Å². The number of carbonyl (C=O) groups excluding carboxylic acids is 4. The van der Waals surface area contributed by atoms with E-state index in [2.05, 4.69) is 20.6 Å². The minimum absolute atomic E-state index is 0.0937. The van der Waals surface area contributed by atoms with Crippen LogP contribution in [0.1, 0.15) is 64.4 Å². The Hall–Kier alpha value is -3.04. The van der Waals surface area contributed by atoms with Gasteiger partial charge in [-0.2, -0.15) is 0 Å². The van der Waals surface area contributed by atoms with E-state index in [1.165, 1.54) is 18.6 Å². The van der Waals surface area contributed by atoms with Crippen LogP contribution in [0.2, 0.25) is 0 Å². The third kappa shape index (κ3) is 5.97. The molecule has 192 valence electrons. The van der Waals surface area contributed by atoms with Crippen molar-refractivity contribution in [3.8, 4) is 0 Å². The van der Waals surface area contributed by atoms with Gasteiger partial charge in [0.2, 0.25) is 11.8 Å². The van der Waals surface area contributed by atoms with Crippen LogP contribution in [-0.2, 0) is 19.1 Å². The van der Waals surface area contributed by atoms with Crippen molar-refractivity contribution in [2.45, 2.75) is 72.0 Å². The van der Waals surface area contributed by atoms with E-state index in [-0.39, 0.29) is 47.8 Å². The fraction of sp³-hybridized carbons (Fsp3) is 0.680. The Morgan fingerprint density at radius 2 is 1.77 bits per heavy atom. The maximum absolute atomic E-state index is 13.7. The third-order valence-corrected chi connectivity index (χ3v) is 6.96. The molecule has 1 aromatic heterocycles. The number of aromatic nitrogens is 2. The molecule has 0 bridgehead atoms. The first-order chi connectivity index (χ1) is 16.6. The maximum Gasteiger partial charge on any atom is 0.329 e. The first-order valence-electron chi connectivity index (χ1n) is 12.5. The Labute approximate surface area is 206 Å². The zero-order valence-electron chi connectivity index (χ0n) is 21.2. The lowest BCUT2D eigenvalue weighted by Crippen LogP contribution is -2.59. The summed E-state index contributed by atoms with van der Waals surface area (Å²) in [6, 6.07) is -2.34. The molecule has 10 heteroatoms. The van der Waals surface area contributed by atoms with E-state index in [1.54, 1.807) is 11.8 Å². The van der Waals surface area contributed by atoms with Gasteiger partial charge < -0.3 is 20.3 Å². The second kappa shape index (κ2) is 11.6. The molecule has 5 atom stereocenters. The molecule has 0 spiro atoms. The van der Waals surface area contributed by atoms with Gasteiger partial charge in [0.1, 0.15) is 23.8 Å². The van der Waals surface area contributed by atoms with Gasteiger partial charge in [0.15, 0.2) is 0 Å². The number of hydrogen-bond donors (Lipinski definition) is 2. The number of ether oxygens (including phenoxy) is 1. The van der Waals surface area contributed by atoms with Crippen LogP contribution in [0.25, 0.3) is 0 Å². The molecular weight excluding hydrogens is 450 g/mol. The van der Waals surface area contributed by atoms with Gasteiger partial charge in [-0.3, -0.25) is 19.4 Å². The summed E-state index contributed by atoms with van der Waals surface area (Å²) in [6.07, 6.45) is 7.09. The summed E-state index contributed by atoms with van der Waals surface area (Å²) in [5.74, 6) is -1.74. The first kappa shape index (κ1) is 26.6. The first-order valence-corrected chi connectivity index (χ1v) is 12.5. The van der Waals surface area contributed by atoms with Crippen LogP contribution in [0.15, 0.2) is 18.6 Å². The summed E-state index contributed by atoms with van der Waals surface area (Å²) in [6.45, 7) is 9.81. The Balaban J connectivity index is 1.76. The SMILES string of the molecule is CCOC(=O)C1[C@H]2CCC[C@H]2CN1C(=O)C(NC(=O)C(NC(=O)c1cnccn1)C(C)C)C(C)C. The number of nitrogens with zero attached hydrogens (tertiary/aromatic N) is 3. The fourth-order valence-corrected chi connectivity index (χ4v) is 5.16. The summed E-state index contributed by atoms with van der Waals surface area (Å²) < 4.78 is 5.31. The van der Waals surface area contributed by atoms with Gasteiger partial charge in [-0.1, -0.05) is 34.1 Å². The molecule has 1 aliphatic heterocycles. The molecule has 1 saturated heterocycles. The van der Waals surface area contributed by atoms with Crippen molar-refractivity contribution in [2.24, 2.45) is 23.7 Å². The molecule has 3 amide bonds. The molecule has 2 N–H and O–H groups in total. The zero-order valence-corrected chi connectivity index (χ0v) is 21.2. The van der Waals surface area contributed by atoms with Crippen LogP contribution < -0.4 is 10.6 Å². The number of nitrogens with one attached hydrogen (secondary N) is 2. The van der Waals surface area contributed by atoms with Crippen molar-refractivity contribution in [3.63, 3.8) is 0 Å². The number of amides is 3. The third-order valence-electron chi connectivity index (χ3n) is 6.96. The number of carbonyl (C=O) groups is 4. The molecule has 0 aromatic carbocycles. The lowest BCUT2D eigenvalue weighted by Gasteiger charge is -2.32. The average molecular weight is 488 g/mol. The van der Waals surface area contributed by atoms with Crippen molar-refractivity contribution >= 4 is 23.7 Å². The van der Waals surface area contributed by atoms with Crippen LogP contribution in [0.5, 0.6) is 0 Å². The normalized spacial score (nSPS) is 23.1. The number of hydrogen-bond acceptors (Lipinski definition) is 7. The predicted molar refractivity (Wildman–Crippen MR) is 128 cm³/mol. The summed E-state index contributed by atoms with van der Waals surface area (Å²) in [7, 11) is 0. The summed E-state index contributed by atoms with van der Waals surface area (Å²) in [4.78, 5) is 61.9. The maximum atomic E-state index is 13.7. The van der Waals surface area contributed by atoms with Crippen molar-refractivity contribution < 1.29 is 23.9 Å². The standard InChI is InChI=1S/C25H37N5O5/c1-6-35-25(34)21-17-9-7-8-16(17)13-30(21)24(33)20(15(4)5)29-23(32)19(14(2)3)28-22(31)18-12-26-10-11-27-18/h10-12,14-17,19-21H,6-9,13H2,1-5H3,(H,28,31)(H,29,32)/t16-,17-,19?,20?,21?/m0/s1. The number of likely N-dealkylation sites (tertiary alicyclic amines) is 1. The second-order valence-electron chi connectivity index (χ2n) is 10.1. The van der Waals surface area contributed by atoms with Gasteiger partial charge in [0.25, 0.3) is 5.91 Å². The summed E-state index contributed by atoms with van der Waals surface area (Å²) in [5.41, 5.74) is 0.100. The second-order valence-corrected chi connectivity index (χ2v) is 10.1. The Bertz CT molecular complexity index is 922. The van der Waals surface area contributed by atoms with Crippen molar-refractivity contribution in [2.75, 3.05) is 13.2 Å². The highest BCUT2D eigenvalue weighted by Crippen LogP contribution is 2.43. The topological polar surface area (TPSA) is 131 Å². The van der Waals surface area contributed by atoms with Gasteiger partial charge in [-0.25, -0.2) is 9.78 Å². The molecule has 10 nitrogen and oxygen atoms in total. The van der Waals surface area contributed by atoms with Crippen molar-refractivity contribution in [3.05, 3.63) is 24.3 Å². The molecule has 1 saturated carbocycles. The molecule has 3 rings (SSSR count). The Kier molecular flexibility index (Phi) is 8.80. The van der Waals surface area contributed by atoms with E-state index in [0.29, 0.717) is 6.54 Å². The van der Waals surface area contributed by atoms with Gasteiger partial charge in [-0.15, -0.1) is 0 Å². The van der Waals surface area contributed by atoms with E-state index in [1.807, 2.05) is 27.7 Å². The van der Waals surface area contributed by atoms with Gasteiger partial charge in [0, 0.05) is 18.9 Å². The van der Waals surface area contributed by atoms with Crippen LogP contribution >= 0.6 is 0 Å². The lowest BCUT2D eigenvalue weighted by atomic mass is 9.94. The average Bonchev–Trinajstić information content (AvgIpc) is 3.42. The molecule has 2 fully saturated rings. The van der Waals surface area contributed by atoms with Crippen LogP contribution in [0.4, 0.5) is 0 Å². The summed E-state index contributed by atoms with van der Waals surface area (Å²) in [5, 5.41) is 5.56. The quantitative estimate of drug-likeness (QED) is 0.506. The molecule has 1 aromatic rings. The fourth-order valence-electron chi connectivity index (χ4n) is 5.16. The van der Waals surface area contributed by atoms with E-state index in [0.717, 1.165) is 19.3 Å². The van der Waals surface area contributed by atoms with Gasteiger partial charge >= 0.3 is 5.97 Å². The minimum atomic E-state index is -0.877. The number of esters is 1.